The van der Waals surface area contributed by atoms with Crippen LogP contribution in [0.15, 0.2) is 85.1 Å². The number of hydrogen-bond donors (Lipinski definition) is 0. The van der Waals surface area contributed by atoms with Gasteiger partial charge in [-0.15, -0.1) is 0 Å². The van der Waals surface area contributed by atoms with E-state index in [1.807, 2.05) is 24.3 Å². The van der Waals surface area contributed by atoms with Crippen molar-refractivity contribution in [3.05, 3.63) is 85.1 Å². The Kier molecular flexibility index (Phi) is 49.4. The molecule has 0 aliphatic carbocycles. The summed E-state index contributed by atoms with van der Waals surface area (Å²) in [4.78, 5) is 38.0. The van der Waals surface area contributed by atoms with Gasteiger partial charge in [0.25, 0.3) is 0 Å². The summed E-state index contributed by atoms with van der Waals surface area (Å²) in [6.07, 6.45) is 67.0. The Bertz CT molecular complexity index is 1250. The topological polar surface area (TPSA) is 78.9 Å². The minimum atomic E-state index is -0.799. The normalized spacial score (nSPS) is 12.7. The molecular weight excluding hydrogens is 793 g/mol. The minimum absolute atomic E-state index is 0.0946. The van der Waals surface area contributed by atoms with Gasteiger partial charge in [0, 0.05) is 19.3 Å². The monoisotopic (exact) mass is 891 g/mol. The molecule has 0 N–H and O–H groups in total. The van der Waals surface area contributed by atoms with E-state index >= 15 is 0 Å². The largest absolute Gasteiger partial charge is 0.462 e. The van der Waals surface area contributed by atoms with Crippen LogP contribution < -0.4 is 0 Å². The molecule has 0 saturated heterocycles. The van der Waals surface area contributed by atoms with Crippen molar-refractivity contribution in [1.82, 2.24) is 0 Å². The van der Waals surface area contributed by atoms with Gasteiger partial charge in [-0.1, -0.05) is 247 Å². The van der Waals surface area contributed by atoms with Gasteiger partial charge in [-0.2, -0.15) is 0 Å². The second kappa shape index (κ2) is 52.2. The summed E-state index contributed by atoms with van der Waals surface area (Å²) in [5.74, 6) is -0.945. The Morgan fingerprint density at radius 3 is 0.969 bits per heavy atom. The minimum Gasteiger partial charge on any atom is -0.462 e. The average Bonchev–Trinajstić information content (AvgIpc) is 3.29. The van der Waals surface area contributed by atoms with Crippen LogP contribution in [0.1, 0.15) is 245 Å². The summed E-state index contributed by atoms with van der Waals surface area (Å²) in [6, 6.07) is 0. The van der Waals surface area contributed by atoms with Crippen LogP contribution >= 0.6 is 0 Å². The zero-order chi connectivity index (χ0) is 46.5. The second-order valence-electron chi connectivity index (χ2n) is 17.6. The Labute approximate surface area is 395 Å². The van der Waals surface area contributed by atoms with Crippen molar-refractivity contribution in [1.29, 1.82) is 0 Å². The number of carbonyl (C=O) groups excluding carboxylic acids is 3. The van der Waals surface area contributed by atoms with Crippen LogP contribution in [0.25, 0.3) is 0 Å². The lowest BCUT2D eigenvalue weighted by Gasteiger charge is -2.18. The van der Waals surface area contributed by atoms with Gasteiger partial charge in [-0.25, -0.2) is 0 Å². The molecular formula is C58H98O6. The molecule has 0 spiro atoms. The van der Waals surface area contributed by atoms with Gasteiger partial charge >= 0.3 is 17.9 Å². The van der Waals surface area contributed by atoms with Crippen LogP contribution in [0.2, 0.25) is 0 Å². The van der Waals surface area contributed by atoms with Crippen molar-refractivity contribution < 1.29 is 28.6 Å². The van der Waals surface area contributed by atoms with Crippen molar-refractivity contribution in [2.75, 3.05) is 13.2 Å². The molecule has 6 heteroatoms. The van der Waals surface area contributed by atoms with E-state index in [-0.39, 0.29) is 31.1 Å². The van der Waals surface area contributed by atoms with E-state index in [1.165, 1.54) is 109 Å². The SMILES string of the molecule is CCC\C=C/C=C\C=C/C=C\C=C/CCCCCCCC(=O)OCC(COC(=O)CCCCCCCCCCCCCC)OC(=O)CCCCC/C=C\C=C/CCCCCCCCC. The highest BCUT2D eigenvalue weighted by atomic mass is 16.6. The first-order chi connectivity index (χ1) is 31.5. The van der Waals surface area contributed by atoms with Crippen molar-refractivity contribution >= 4 is 17.9 Å². The molecule has 0 saturated carbocycles. The fourth-order valence-electron chi connectivity index (χ4n) is 7.23. The first-order valence-electron chi connectivity index (χ1n) is 26.7. The lowest BCUT2D eigenvalue weighted by atomic mass is 10.0. The highest BCUT2D eigenvalue weighted by Crippen LogP contribution is 2.14. The van der Waals surface area contributed by atoms with E-state index < -0.39 is 6.10 Å². The van der Waals surface area contributed by atoms with Gasteiger partial charge in [-0.05, 0) is 64.2 Å². The molecule has 0 aromatic heterocycles. The fourth-order valence-corrected chi connectivity index (χ4v) is 7.23. The smallest absolute Gasteiger partial charge is 0.306 e. The molecule has 0 aromatic rings. The molecule has 0 radical (unpaired) electrons. The third-order valence-corrected chi connectivity index (χ3v) is 11.3. The van der Waals surface area contributed by atoms with Gasteiger partial charge < -0.3 is 14.2 Å². The molecule has 0 aliphatic rings. The summed E-state index contributed by atoms with van der Waals surface area (Å²) in [7, 11) is 0. The van der Waals surface area contributed by atoms with E-state index in [0.29, 0.717) is 19.3 Å². The summed E-state index contributed by atoms with van der Waals surface area (Å²) in [5, 5.41) is 0. The summed E-state index contributed by atoms with van der Waals surface area (Å²) in [5.41, 5.74) is 0. The second-order valence-corrected chi connectivity index (χ2v) is 17.6. The maximum Gasteiger partial charge on any atom is 0.306 e. The molecule has 1 unspecified atom stereocenters. The maximum absolute atomic E-state index is 12.8. The predicted molar refractivity (Wildman–Crippen MR) is 274 cm³/mol. The molecule has 0 rings (SSSR count). The van der Waals surface area contributed by atoms with Crippen LogP contribution in [-0.4, -0.2) is 37.2 Å². The molecule has 64 heavy (non-hydrogen) atoms. The van der Waals surface area contributed by atoms with Gasteiger partial charge in [0.1, 0.15) is 13.2 Å². The van der Waals surface area contributed by atoms with Gasteiger partial charge in [-0.3, -0.25) is 14.4 Å². The van der Waals surface area contributed by atoms with Crippen LogP contribution in [0.4, 0.5) is 0 Å². The van der Waals surface area contributed by atoms with E-state index in [2.05, 4.69) is 81.5 Å². The number of esters is 3. The van der Waals surface area contributed by atoms with E-state index in [9.17, 15) is 14.4 Å². The highest BCUT2D eigenvalue weighted by Gasteiger charge is 2.19. The Morgan fingerprint density at radius 2 is 0.594 bits per heavy atom. The number of carbonyl (C=O) groups is 3. The molecule has 0 aliphatic heterocycles. The highest BCUT2D eigenvalue weighted by molar-refractivity contribution is 5.71. The first-order valence-corrected chi connectivity index (χ1v) is 26.7. The van der Waals surface area contributed by atoms with E-state index in [1.54, 1.807) is 0 Å². The average molecular weight is 891 g/mol. The summed E-state index contributed by atoms with van der Waals surface area (Å²) < 4.78 is 16.8. The summed E-state index contributed by atoms with van der Waals surface area (Å²) >= 11 is 0. The van der Waals surface area contributed by atoms with Gasteiger partial charge in [0.05, 0.1) is 0 Å². The Morgan fingerprint density at radius 1 is 0.312 bits per heavy atom. The van der Waals surface area contributed by atoms with Crippen LogP contribution in [0.3, 0.4) is 0 Å². The van der Waals surface area contributed by atoms with Crippen molar-refractivity contribution in [2.24, 2.45) is 0 Å². The number of unbranched alkanes of at least 4 members (excludes halogenated alkanes) is 27. The standard InChI is InChI=1S/C58H98O6/c1-4-7-10-13-16-19-22-25-27-29-30-32-33-36-39-42-45-48-51-57(60)63-54-55(53-62-56(59)50-47-44-41-38-35-24-21-18-15-12-9-6-3)64-58(61)52-49-46-43-40-37-34-31-28-26-23-20-17-14-11-8-5-2/h10,13,16,19,22,25,27-32,34,37,55H,4-9,11-12,14-15,17-18,20-21,23-24,26,33,35-36,38-54H2,1-3H3/b13-10-,19-16-,25-22-,29-27-,31-28-,32-30-,37-34-. The zero-order valence-electron chi connectivity index (χ0n) is 41.8. The number of ether oxygens (including phenoxy) is 3. The molecule has 0 aromatic carbocycles. The Hall–Kier alpha value is -3.41. The van der Waals surface area contributed by atoms with Gasteiger partial charge in [0.15, 0.2) is 6.10 Å². The lowest BCUT2D eigenvalue weighted by molar-refractivity contribution is -0.167. The first kappa shape index (κ1) is 60.6. The molecule has 366 valence electrons. The van der Waals surface area contributed by atoms with E-state index in [4.69, 9.17) is 14.2 Å². The lowest BCUT2D eigenvalue weighted by Crippen LogP contribution is -2.30. The van der Waals surface area contributed by atoms with Crippen LogP contribution in [-0.2, 0) is 28.6 Å². The Balaban J connectivity index is 4.48. The molecule has 0 heterocycles. The van der Waals surface area contributed by atoms with Crippen LogP contribution in [0.5, 0.6) is 0 Å². The molecule has 6 nitrogen and oxygen atoms in total. The third-order valence-electron chi connectivity index (χ3n) is 11.3. The number of rotatable bonds is 47. The van der Waals surface area contributed by atoms with Crippen molar-refractivity contribution in [3.63, 3.8) is 0 Å². The van der Waals surface area contributed by atoms with Crippen LogP contribution in [0, 0.1) is 0 Å². The summed E-state index contributed by atoms with van der Waals surface area (Å²) in [6.45, 7) is 6.50. The van der Waals surface area contributed by atoms with E-state index in [0.717, 1.165) is 96.3 Å². The maximum atomic E-state index is 12.8. The number of hydrogen-bond acceptors (Lipinski definition) is 6. The van der Waals surface area contributed by atoms with Crippen molar-refractivity contribution in [2.45, 2.75) is 252 Å². The molecule has 0 bridgehead atoms. The molecule has 0 fully saturated rings. The predicted octanol–water partition coefficient (Wildman–Crippen LogP) is 17.6. The molecule has 0 amide bonds. The molecule has 1 atom stereocenters. The number of allylic oxidation sites excluding steroid dienone is 14. The van der Waals surface area contributed by atoms with Gasteiger partial charge in [0.2, 0.25) is 0 Å². The quantitative estimate of drug-likeness (QED) is 0.0262. The fraction of sp³-hybridized carbons (Fsp3) is 0.707. The van der Waals surface area contributed by atoms with Crippen molar-refractivity contribution in [3.8, 4) is 0 Å². The zero-order valence-corrected chi connectivity index (χ0v) is 41.8. The third kappa shape index (κ3) is 49.6.